The molecule has 1 saturated heterocycles. The van der Waals surface area contributed by atoms with Crippen LogP contribution in [0.2, 0.25) is 0 Å². The smallest absolute Gasteiger partial charge is 0.155 e. The molecular weight excluding hydrogens is 122 g/mol. The number of hydrogen-bond acceptors (Lipinski definition) is 4. The third kappa shape index (κ3) is 1.91. The van der Waals surface area contributed by atoms with Gasteiger partial charge in [-0.1, -0.05) is 0 Å². The van der Waals surface area contributed by atoms with Gasteiger partial charge in [0, 0.05) is 0 Å². The van der Waals surface area contributed by atoms with Crippen molar-refractivity contribution in [3.63, 3.8) is 0 Å². The molecule has 0 aromatic heterocycles. The highest BCUT2D eigenvalue weighted by molar-refractivity contribution is 4.60. The maximum atomic E-state index is 5.17. The molecule has 0 saturated carbocycles. The van der Waals surface area contributed by atoms with Crippen LogP contribution >= 0.6 is 0 Å². The van der Waals surface area contributed by atoms with Crippen molar-refractivity contribution in [2.75, 3.05) is 13.2 Å². The summed E-state index contributed by atoms with van der Waals surface area (Å²) in [5, 5.41) is 0. The minimum absolute atomic E-state index is 0.0185. The molecule has 0 amide bonds. The Labute approximate surface area is 53.8 Å². The van der Waals surface area contributed by atoms with E-state index in [-0.39, 0.29) is 12.4 Å². The number of nitrogens with two attached hydrogens (primary N) is 1. The maximum absolute atomic E-state index is 5.17. The van der Waals surface area contributed by atoms with Gasteiger partial charge in [-0.05, 0) is 6.92 Å². The standard InChI is InChI=1S/C5H11NO3/c1-4-7-2-5(9-4)3-8-6/h4-5H,2-3,6H2,1H3. The van der Waals surface area contributed by atoms with E-state index in [1.165, 1.54) is 0 Å². The van der Waals surface area contributed by atoms with E-state index in [1.54, 1.807) is 0 Å². The van der Waals surface area contributed by atoms with E-state index >= 15 is 0 Å². The van der Waals surface area contributed by atoms with Crippen LogP contribution in [-0.2, 0) is 14.3 Å². The van der Waals surface area contributed by atoms with Gasteiger partial charge < -0.3 is 14.3 Å². The van der Waals surface area contributed by atoms with Crippen LogP contribution in [0.5, 0.6) is 0 Å². The Kier molecular flexibility index (Phi) is 2.41. The lowest BCUT2D eigenvalue weighted by Gasteiger charge is -2.04. The van der Waals surface area contributed by atoms with Crippen molar-refractivity contribution >= 4 is 0 Å². The molecule has 0 bridgehead atoms. The van der Waals surface area contributed by atoms with E-state index in [0.29, 0.717) is 13.2 Å². The van der Waals surface area contributed by atoms with Gasteiger partial charge in [0.15, 0.2) is 6.29 Å². The molecule has 1 heterocycles. The summed E-state index contributed by atoms with van der Waals surface area (Å²) in [6.07, 6.45) is -0.0878. The number of hydrogen-bond donors (Lipinski definition) is 1. The molecule has 1 aliphatic heterocycles. The predicted molar refractivity (Wildman–Crippen MR) is 30.4 cm³/mol. The lowest BCUT2D eigenvalue weighted by atomic mass is 10.4. The SMILES string of the molecule is CC1OCC(CON)O1. The fourth-order valence-corrected chi connectivity index (χ4v) is 0.787. The third-order valence-electron chi connectivity index (χ3n) is 1.18. The van der Waals surface area contributed by atoms with Gasteiger partial charge in [0.05, 0.1) is 13.2 Å². The lowest BCUT2D eigenvalue weighted by molar-refractivity contribution is -0.0584. The Morgan fingerprint density at radius 1 is 1.78 bits per heavy atom. The van der Waals surface area contributed by atoms with Crippen LogP contribution in [0, 0.1) is 0 Å². The molecule has 4 nitrogen and oxygen atoms in total. The van der Waals surface area contributed by atoms with Crippen LogP contribution in [-0.4, -0.2) is 25.6 Å². The lowest BCUT2D eigenvalue weighted by Crippen LogP contribution is -2.20. The number of rotatable bonds is 2. The first kappa shape index (κ1) is 6.95. The molecule has 0 aromatic rings. The second-order valence-electron chi connectivity index (χ2n) is 1.99. The van der Waals surface area contributed by atoms with Crippen molar-refractivity contribution in [2.45, 2.75) is 19.3 Å². The summed E-state index contributed by atoms with van der Waals surface area (Å²) < 4.78 is 10.2. The summed E-state index contributed by atoms with van der Waals surface area (Å²) in [5.74, 6) is 4.82. The maximum Gasteiger partial charge on any atom is 0.155 e. The zero-order chi connectivity index (χ0) is 6.69. The zero-order valence-electron chi connectivity index (χ0n) is 5.37. The highest BCUT2D eigenvalue weighted by Crippen LogP contribution is 2.09. The molecule has 0 aliphatic carbocycles. The van der Waals surface area contributed by atoms with Crippen LogP contribution in [0.15, 0.2) is 0 Å². The van der Waals surface area contributed by atoms with Crippen LogP contribution in [0.1, 0.15) is 6.92 Å². The van der Waals surface area contributed by atoms with Crippen molar-refractivity contribution in [2.24, 2.45) is 5.90 Å². The van der Waals surface area contributed by atoms with E-state index in [2.05, 4.69) is 4.84 Å². The van der Waals surface area contributed by atoms with Gasteiger partial charge >= 0.3 is 0 Å². The minimum Gasteiger partial charge on any atom is -0.350 e. The molecule has 1 fully saturated rings. The minimum atomic E-state index is -0.106. The van der Waals surface area contributed by atoms with Gasteiger partial charge in [-0.2, -0.15) is 0 Å². The highest BCUT2D eigenvalue weighted by atomic mass is 16.7. The molecule has 1 rings (SSSR count). The Morgan fingerprint density at radius 3 is 3.00 bits per heavy atom. The van der Waals surface area contributed by atoms with Crippen molar-refractivity contribution in [3.8, 4) is 0 Å². The molecule has 0 spiro atoms. The molecule has 0 radical (unpaired) electrons. The summed E-state index contributed by atoms with van der Waals surface area (Å²) >= 11 is 0. The number of ether oxygens (including phenoxy) is 2. The first-order valence-corrected chi connectivity index (χ1v) is 2.91. The van der Waals surface area contributed by atoms with Crippen LogP contribution in [0.25, 0.3) is 0 Å². The molecule has 2 atom stereocenters. The van der Waals surface area contributed by atoms with Gasteiger partial charge in [0.2, 0.25) is 0 Å². The van der Waals surface area contributed by atoms with Gasteiger partial charge in [-0.3, -0.25) is 0 Å². The van der Waals surface area contributed by atoms with Gasteiger partial charge in [0.25, 0.3) is 0 Å². The topological polar surface area (TPSA) is 53.7 Å². The van der Waals surface area contributed by atoms with Gasteiger partial charge in [0.1, 0.15) is 6.10 Å². The van der Waals surface area contributed by atoms with Gasteiger partial charge in [-0.15, -0.1) is 0 Å². The third-order valence-corrected chi connectivity index (χ3v) is 1.18. The largest absolute Gasteiger partial charge is 0.350 e. The normalized spacial score (nSPS) is 35.3. The Hall–Kier alpha value is -0.160. The summed E-state index contributed by atoms with van der Waals surface area (Å²) in [4.78, 5) is 4.37. The first-order valence-electron chi connectivity index (χ1n) is 2.91. The van der Waals surface area contributed by atoms with E-state index < -0.39 is 0 Å². The molecule has 9 heavy (non-hydrogen) atoms. The second kappa shape index (κ2) is 3.12. The average Bonchev–Trinajstić information content (AvgIpc) is 2.17. The van der Waals surface area contributed by atoms with Crippen LogP contribution < -0.4 is 5.90 Å². The fraction of sp³-hybridized carbons (Fsp3) is 1.00. The summed E-state index contributed by atoms with van der Waals surface area (Å²) in [7, 11) is 0. The van der Waals surface area contributed by atoms with Crippen molar-refractivity contribution in [1.82, 2.24) is 0 Å². The van der Waals surface area contributed by atoms with Crippen molar-refractivity contribution in [1.29, 1.82) is 0 Å². The summed E-state index contributed by atoms with van der Waals surface area (Å²) in [6.45, 7) is 2.83. The molecule has 0 aromatic carbocycles. The monoisotopic (exact) mass is 133 g/mol. The van der Waals surface area contributed by atoms with E-state index in [9.17, 15) is 0 Å². The van der Waals surface area contributed by atoms with Crippen molar-refractivity contribution in [3.05, 3.63) is 0 Å². The van der Waals surface area contributed by atoms with E-state index in [1.807, 2.05) is 6.92 Å². The second-order valence-corrected chi connectivity index (χ2v) is 1.99. The van der Waals surface area contributed by atoms with Crippen LogP contribution in [0.4, 0.5) is 0 Å². The Morgan fingerprint density at radius 2 is 2.56 bits per heavy atom. The Bertz CT molecular complexity index is 86.3. The first-order chi connectivity index (χ1) is 4.33. The summed E-state index contributed by atoms with van der Waals surface area (Å²) in [6, 6.07) is 0. The summed E-state index contributed by atoms with van der Waals surface area (Å²) in [5.41, 5.74) is 0. The van der Waals surface area contributed by atoms with E-state index in [4.69, 9.17) is 15.4 Å². The molecule has 1 aliphatic rings. The van der Waals surface area contributed by atoms with E-state index in [0.717, 1.165) is 0 Å². The zero-order valence-corrected chi connectivity index (χ0v) is 5.37. The quantitative estimate of drug-likeness (QED) is 0.522. The average molecular weight is 133 g/mol. The Balaban J connectivity index is 2.14. The predicted octanol–water partition coefficient (Wildman–Crippen LogP) is -0.362. The van der Waals surface area contributed by atoms with Crippen LogP contribution in [0.3, 0.4) is 0 Å². The molecule has 2 N–H and O–H groups in total. The molecule has 4 heteroatoms. The molecule has 54 valence electrons. The fourth-order valence-electron chi connectivity index (χ4n) is 0.787. The molecular formula is C5H11NO3. The highest BCUT2D eigenvalue weighted by Gasteiger charge is 2.21. The van der Waals surface area contributed by atoms with Gasteiger partial charge in [-0.25, -0.2) is 5.90 Å². The van der Waals surface area contributed by atoms with Crippen molar-refractivity contribution < 1.29 is 14.3 Å². The molecule has 2 unspecified atom stereocenters.